The first-order valence-electron chi connectivity index (χ1n) is 4.74. The van der Waals surface area contributed by atoms with E-state index in [4.69, 9.17) is 9.47 Å². The molecule has 0 aliphatic carbocycles. The smallest absolute Gasteiger partial charge is 0.177 e. The van der Waals surface area contributed by atoms with Crippen molar-refractivity contribution in [1.29, 1.82) is 0 Å². The molecule has 1 N–H and O–H groups in total. The highest BCUT2D eigenvalue weighted by molar-refractivity contribution is 9.10. The fourth-order valence-corrected chi connectivity index (χ4v) is 2.07. The second-order valence-corrected chi connectivity index (χ2v) is 3.91. The molecule has 1 aromatic carbocycles. The maximum absolute atomic E-state index is 11.7. The van der Waals surface area contributed by atoms with Gasteiger partial charge in [-0.15, -0.1) is 0 Å². The lowest BCUT2D eigenvalue weighted by atomic mass is 10.1. The van der Waals surface area contributed by atoms with Gasteiger partial charge in [0.1, 0.15) is 0 Å². The van der Waals surface area contributed by atoms with Gasteiger partial charge in [-0.1, -0.05) is 0 Å². The van der Waals surface area contributed by atoms with Gasteiger partial charge in [0.05, 0.1) is 25.2 Å². The van der Waals surface area contributed by atoms with Crippen LogP contribution in [-0.2, 0) is 0 Å². The first-order chi connectivity index (χ1) is 7.65. The highest BCUT2D eigenvalue weighted by Crippen LogP contribution is 2.37. The summed E-state index contributed by atoms with van der Waals surface area (Å²) < 4.78 is 10.9. The molecule has 0 saturated carbocycles. The van der Waals surface area contributed by atoms with Crippen LogP contribution in [0.4, 0.5) is 0 Å². The van der Waals surface area contributed by atoms with E-state index < -0.39 is 0 Å². The van der Waals surface area contributed by atoms with Crippen LogP contribution in [0.15, 0.2) is 16.6 Å². The highest BCUT2D eigenvalue weighted by Gasteiger charge is 2.16. The standard InChI is InChI=1S/C11H14BrNO3/c1-13-6-8(14)7-4-5-9(15-2)11(16-3)10(7)12/h4-5,13H,6H2,1-3H3. The minimum atomic E-state index is -0.00433. The summed E-state index contributed by atoms with van der Waals surface area (Å²) in [6.45, 7) is 0.286. The molecule has 0 amide bonds. The third-order valence-corrected chi connectivity index (χ3v) is 2.91. The molecule has 1 rings (SSSR count). The molecule has 1 aromatic rings. The van der Waals surface area contributed by atoms with Crippen molar-refractivity contribution in [2.45, 2.75) is 0 Å². The minimum Gasteiger partial charge on any atom is -0.493 e. The van der Waals surface area contributed by atoms with Crippen molar-refractivity contribution >= 4 is 21.7 Å². The average molecular weight is 288 g/mol. The number of rotatable bonds is 5. The molecule has 0 aromatic heterocycles. The Morgan fingerprint density at radius 1 is 1.38 bits per heavy atom. The molecule has 16 heavy (non-hydrogen) atoms. The minimum absolute atomic E-state index is 0.00433. The number of likely N-dealkylation sites (N-methyl/N-ethyl adjacent to an activating group) is 1. The van der Waals surface area contributed by atoms with Crippen LogP contribution in [0.5, 0.6) is 11.5 Å². The van der Waals surface area contributed by atoms with E-state index in [0.717, 1.165) is 0 Å². The Hall–Kier alpha value is -1.07. The number of halogens is 1. The van der Waals surface area contributed by atoms with E-state index in [1.54, 1.807) is 26.3 Å². The van der Waals surface area contributed by atoms with Gasteiger partial charge in [0.2, 0.25) is 0 Å². The summed E-state index contributed by atoms with van der Waals surface area (Å²) in [6.07, 6.45) is 0. The molecule has 0 bridgehead atoms. The van der Waals surface area contributed by atoms with Crippen molar-refractivity contribution in [2.75, 3.05) is 27.8 Å². The van der Waals surface area contributed by atoms with E-state index in [1.165, 1.54) is 7.11 Å². The Morgan fingerprint density at radius 2 is 2.06 bits per heavy atom. The highest BCUT2D eigenvalue weighted by atomic mass is 79.9. The first-order valence-corrected chi connectivity index (χ1v) is 5.53. The van der Waals surface area contributed by atoms with E-state index in [-0.39, 0.29) is 12.3 Å². The topological polar surface area (TPSA) is 47.6 Å². The molecular weight excluding hydrogens is 274 g/mol. The Morgan fingerprint density at radius 3 is 2.56 bits per heavy atom. The summed E-state index contributed by atoms with van der Waals surface area (Å²) >= 11 is 3.35. The Balaban J connectivity index is 3.18. The first kappa shape index (κ1) is 13.0. The quantitative estimate of drug-likeness (QED) is 0.840. The zero-order valence-electron chi connectivity index (χ0n) is 9.46. The molecule has 0 fully saturated rings. The number of ether oxygens (including phenoxy) is 2. The molecule has 0 heterocycles. The van der Waals surface area contributed by atoms with Crippen molar-refractivity contribution in [2.24, 2.45) is 0 Å². The van der Waals surface area contributed by atoms with Gasteiger partial charge >= 0.3 is 0 Å². The normalized spacial score (nSPS) is 10.0. The van der Waals surface area contributed by atoms with Gasteiger partial charge < -0.3 is 14.8 Å². The lowest BCUT2D eigenvalue weighted by molar-refractivity contribution is 0.0992. The molecule has 5 heteroatoms. The van der Waals surface area contributed by atoms with Crippen molar-refractivity contribution in [3.63, 3.8) is 0 Å². The number of Topliss-reactive ketones (excluding diaryl/α,β-unsaturated/α-hetero) is 1. The van der Waals surface area contributed by atoms with Crippen molar-refractivity contribution in [3.8, 4) is 11.5 Å². The second-order valence-electron chi connectivity index (χ2n) is 3.12. The van der Waals surface area contributed by atoms with Gasteiger partial charge in [0.15, 0.2) is 17.3 Å². The van der Waals surface area contributed by atoms with Crippen molar-refractivity contribution in [3.05, 3.63) is 22.2 Å². The summed E-state index contributed by atoms with van der Waals surface area (Å²) in [5.74, 6) is 1.12. The SMILES string of the molecule is CNCC(=O)c1ccc(OC)c(OC)c1Br. The predicted octanol–water partition coefficient (Wildman–Crippen LogP) is 1.87. The van der Waals surface area contributed by atoms with Crippen LogP contribution in [0.25, 0.3) is 0 Å². The van der Waals surface area contributed by atoms with Gasteiger partial charge in [0.25, 0.3) is 0 Å². The van der Waals surface area contributed by atoms with E-state index in [9.17, 15) is 4.79 Å². The van der Waals surface area contributed by atoms with Crippen LogP contribution in [-0.4, -0.2) is 33.6 Å². The van der Waals surface area contributed by atoms with E-state index >= 15 is 0 Å². The summed E-state index contributed by atoms with van der Waals surface area (Å²) in [7, 11) is 4.82. The maximum atomic E-state index is 11.7. The maximum Gasteiger partial charge on any atom is 0.177 e. The second kappa shape index (κ2) is 5.86. The number of nitrogens with one attached hydrogen (secondary N) is 1. The van der Waals surface area contributed by atoms with Crippen LogP contribution in [0, 0.1) is 0 Å². The van der Waals surface area contributed by atoms with E-state index in [2.05, 4.69) is 21.2 Å². The summed E-state index contributed by atoms with van der Waals surface area (Å²) in [4.78, 5) is 11.7. The van der Waals surface area contributed by atoms with E-state index in [1.807, 2.05) is 0 Å². The lowest BCUT2D eigenvalue weighted by Gasteiger charge is -2.12. The van der Waals surface area contributed by atoms with Gasteiger partial charge in [-0.2, -0.15) is 0 Å². The zero-order chi connectivity index (χ0) is 12.1. The fourth-order valence-electron chi connectivity index (χ4n) is 1.36. The predicted molar refractivity (Wildman–Crippen MR) is 65.5 cm³/mol. The molecule has 0 unspecified atom stereocenters. The molecule has 0 aliphatic rings. The largest absolute Gasteiger partial charge is 0.493 e. The Bertz CT molecular complexity index is 393. The van der Waals surface area contributed by atoms with Crippen LogP contribution in [0.2, 0.25) is 0 Å². The van der Waals surface area contributed by atoms with Crippen LogP contribution in [0.1, 0.15) is 10.4 Å². The van der Waals surface area contributed by atoms with Gasteiger partial charge in [-0.3, -0.25) is 4.79 Å². The molecule has 0 aliphatic heterocycles. The zero-order valence-corrected chi connectivity index (χ0v) is 11.1. The fraction of sp³-hybridized carbons (Fsp3) is 0.364. The number of hydrogen-bond donors (Lipinski definition) is 1. The van der Waals surface area contributed by atoms with E-state index in [0.29, 0.717) is 21.5 Å². The van der Waals surface area contributed by atoms with Crippen molar-refractivity contribution < 1.29 is 14.3 Å². The average Bonchev–Trinajstić information content (AvgIpc) is 2.28. The summed E-state index contributed by atoms with van der Waals surface area (Å²) in [5.41, 5.74) is 0.576. The van der Waals surface area contributed by atoms with Gasteiger partial charge in [-0.05, 0) is 35.1 Å². The molecule has 88 valence electrons. The van der Waals surface area contributed by atoms with Crippen LogP contribution >= 0.6 is 15.9 Å². The summed E-state index contributed by atoms with van der Waals surface area (Å²) in [6, 6.07) is 3.43. The number of carbonyl (C=O) groups is 1. The van der Waals surface area contributed by atoms with Crippen LogP contribution < -0.4 is 14.8 Å². The summed E-state index contributed by atoms with van der Waals surface area (Å²) in [5, 5.41) is 2.82. The molecule has 0 atom stereocenters. The number of hydrogen-bond acceptors (Lipinski definition) is 4. The number of carbonyl (C=O) groups excluding carboxylic acids is 1. The van der Waals surface area contributed by atoms with Crippen molar-refractivity contribution in [1.82, 2.24) is 5.32 Å². The molecule has 4 nitrogen and oxygen atoms in total. The molecular formula is C11H14BrNO3. The molecule has 0 spiro atoms. The van der Waals surface area contributed by atoms with Gasteiger partial charge in [-0.25, -0.2) is 0 Å². The monoisotopic (exact) mass is 287 g/mol. The third kappa shape index (κ3) is 2.54. The Labute approximate surface area is 103 Å². The lowest BCUT2D eigenvalue weighted by Crippen LogP contribution is -2.19. The molecule has 0 radical (unpaired) electrons. The Kier molecular flexibility index (Phi) is 4.76. The van der Waals surface area contributed by atoms with Gasteiger partial charge in [0, 0.05) is 5.56 Å². The number of methoxy groups -OCH3 is 2. The van der Waals surface area contributed by atoms with Crippen LogP contribution in [0.3, 0.4) is 0 Å². The number of ketones is 1. The number of benzene rings is 1. The third-order valence-electron chi connectivity index (χ3n) is 2.12. The molecule has 0 saturated heterocycles.